The Morgan fingerprint density at radius 3 is 2.20 bits per heavy atom. The molecule has 2 fully saturated rings. The number of carboxylic acids is 1. The fourth-order valence-electron chi connectivity index (χ4n) is 5.38. The predicted octanol–water partition coefficient (Wildman–Crippen LogP) is 5.18. The Balaban J connectivity index is 0.000000339. The van der Waals surface area contributed by atoms with Crippen LogP contribution in [-0.2, 0) is 38.1 Å². The van der Waals surface area contributed by atoms with Crippen molar-refractivity contribution in [3.63, 3.8) is 0 Å². The van der Waals surface area contributed by atoms with Crippen molar-refractivity contribution in [1.82, 2.24) is 9.80 Å². The number of benzene rings is 2. The van der Waals surface area contributed by atoms with E-state index in [1.54, 1.807) is 18.6 Å². The number of alkyl halides is 3. The van der Waals surface area contributed by atoms with Gasteiger partial charge in [-0.2, -0.15) is 19.1 Å². The Kier molecular flexibility index (Phi) is 11.6. The molecule has 1 amide bonds. The summed E-state index contributed by atoms with van der Waals surface area (Å²) in [6, 6.07) is 8.93. The van der Waals surface area contributed by atoms with E-state index in [1.807, 2.05) is 30.9 Å². The fourth-order valence-corrected chi connectivity index (χ4v) is 5.38. The summed E-state index contributed by atoms with van der Waals surface area (Å²) in [4.78, 5) is 37.8. The maximum absolute atomic E-state index is 12.5. The largest absolute Gasteiger partial charge is 2.00 e. The molecule has 0 bridgehead atoms. The van der Waals surface area contributed by atoms with E-state index in [0.717, 1.165) is 45.3 Å². The van der Waals surface area contributed by atoms with Gasteiger partial charge >= 0.3 is 34.5 Å². The van der Waals surface area contributed by atoms with Gasteiger partial charge in [-0.1, -0.05) is 38.1 Å². The first kappa shape index (κ1) is 33.5. The third-order valence-corrected chi connectivity index (χ3v) is 7.33. The minimum absolute atomic E-state index is 0. The van der Waals surface area contributed by atoms with Gasteiger partial charge in [0.2, 0.25) is 0 Å². The van der Waals surface area contributed by atoms with Crippen molar-refractivity contribution in [2.24, 2.45) is 11.3 Å². The number of aromatic carboxylic acids is 1. The van der Waals surface area contributed by atoms with Crippen LogP contribution in [0.15, 0.2) is 42.5 Å². The fraction of sp³-hybridized carbons (Fsp3) is 0.448. The summed E-state index contributed by atoms with van der Waals surface area (Å²) in [5, 5.41) is 9.12. The zero-order valence-corrected chi connectivity index (χ0v) is 24.7. The van der Waals surface area contributed by atoms with Gasteiger partial charge in [0.15, 0.2) is 0 Å². The average molecular weight is 641 g/mol. The number of carbonyl (C=O) groups is 2. The van der Waals surface area contributed by atoms with Crippen molar-refractivity contribution in [2.45, 2.75) is 38.8 Å². The van der Waals surface area contributed by atoms with Gasteiger partial charge in [-0.25, -0.2) is 4.79 Å². The number of likely N-dealkylation sites (N-methyl/N-ethyl adjacent to an activating group) is 1. The third kappa shape index (κ3) is 8.19. The van der Waals surface area contributed by atoms with Crippen LogP contribution in [0.4, 0.5) is 17.6 Å². The first-order valence-electron chi connectivity index (χ1n) is 12.7. The molecule has 1 unspecified atom stereocenters. The summed E-state index contributed by atoms with van der Waals surface area (Å²) in [6.07, 6.45) is 0.320. The Hall–Kier alpha value is -2.66. The van der Waals surface area contributed by atoms with Crippen molar-refractivity contribution in [1.29, 1.82) is 0 Å². The molecule has 2 heterocycles. The molecule has 215 valence electrons. The van der Waals surface area contributed by atoms with E-state index in [-0.39, 0.29) is 39.6 Å². The molecule has 2 aliphatic heterocycles. The van der Waals surface area contributed by atoms with E-state index in [4.69, 9.17) is 5.11 Å². The number of carboxylic acid groups (broad SMARTS) is 1. The molecule has 1 spiro atoms. The van der Waals surface area contributed by atoms with Gasteiger partial charge in [0.25, 0.3) is 0 Å². The maximum atomic E-state index is 12.5. The van der Waals surface area contributed by atoms with E-state index in [0.29, 0.717) is 29.7 Å². The minimum Gasteiger partial charge on any atom is -0.478 e. The second kappa shape index (κ2) is 13.8. The number of hydrogen-bond donors (Lipinski definition) is 1. The van der Waals surface area contributed by atoms with Crippen LogP contribution in [-0.4, -0.2) is 66.3 Å². The van der Waals surface area contributed by atoms with Gasteiger partial charge in [0, 0.05) is 37.9 Å². The molecule has 11 heteroatoms. The topological polar surface area (TPSA) is 77.9 Å². The monoisotopic (exact) mass is 641 g/mol. The number of rotatable bonds is 5. The van der Waals surface area contributed by atoms with Gasteiger partial charge < -0.3 is 30.9 Å². The number of nitrogens with zero attached hydrogens (tertiary/aromatic N) is 2. The summed E-state index contributed by atoms with van der Waals surface area (Å²) in [5.74, 6) is -1.08. The third-order valence-electron chi connectivity index (χ3n) is 7.33. The summed E-state index contributed by atoms with van der Waals surface area (Å²) in [5.41, 5.74) is -0.0533. The second-order valence-corrected chi connectivity index (χ2v) is 10.6. The SMILES string of the molecule is CC(C)[CH-]C(=O)N1CCC2(CC1)CN(C)CC2c1ccc(C(=O)O)cc1.O=[C-]c1cc(C(F)(F)F)ccc1F.[Nb+2]. The minimum atomic E-state index is -4.57. The Labute approximate surface area is 247 Å². The number of halogens is 4. The number of hydrogen-bond acceptors (Lipinski definition) is 4. The van der Waals surface area contributed by atoms with Crippen LogP contribution >= 0.6 is 0 Å². The zero-order chi connectivity index (χ0) is 29.0. The molecule has 2 saturated heterocycles. The van der Waals surface area contributed by atoms with Crippen molar-refractivity contribution >= 4 is 18.2 Å². The van der Waals surface area contributed by atoms with E-state index in [1.165, 1.54) is 5.56 Å². The van der Waals surface area contributed by atoms with Crippen LogP contribution in [0, 0.1) is 23.6 Å². The molecule has 0 aliphatic carbocycles. The molecule has 0 aromatic heterocycles. The smallest absolute Gasteiger partial charge is 0.478 e. The van der Waals surface area contributed by atoms with Gasteiger partial charge in [-0.15, -0.1) is 11.6 Å². The number of likely N-dealkylation sites (tertiary alicyclic amines) is 2. The van der Waals surface area contributed by atoms with E-state index < -0.39 is 29.1 Å². The molecule has 2 aliphatic rings. The summed E-state index contributed by atoms with van der Waals surface area (Å²) >= 11 is 0. The molecule has 1 atom stereocenters. The number of amides is 1. The van der Waals surface area contributed by atoms with Gasteiger partial charge in [0.1, 0.15) is 0 Å². The van der Waals surface area contributed by atoms with E-state index in [2.05, 4.69) is 11.9 Å². The van der Waals surface area contributed by atoms with Gasteiger partial charge in [-0.3, -0.25) is 4.39 Å². The first-order valence-corrected chi connectivity index (χ1v) is 12.7. The molecule has 2 aromatic carbocycles. The van der Waals surface area contributed by atoms with Crippen LogP contribution < -0.4 is 0 Å². The van der Waals surface area contributed by atoms with Crippen molar-refractivity contribution in [2.75, 3.05) is 33.2 Å². The first-order chi connectivity index (χ1) is 18.3. The molecule has 40 heavy (non-hydrogen) atoms. The van der Waals surface area contributed by atoms with E-state index in [9.17, 15) is 31.9 Å². The zero-order valence-electron chi connectivity index (χ0n) is 22.5. The molecule has 1 radical (unpaired) electrons. The van der Waals surface area contributed by atoms with Crippen molar-refractivity contribution in [3.8, 4) is 0 Å². The molecule has 2 aromatic rings. The molecule has 4 rings (SSSR count). The quantitative estimate of drug-likeness (QED) is 0.277. The Morgan fingerprint density at radius 2 is 1.70 bits per heavy atom. The molecule has 0 saturated carbocycles. The summed E-state index contributed by atoms with van der Waals surface area (Å²) < 4.78 is 48.5. The molecule has 6 nitrogen and oxygen atoms in total. The molecular weight excluding hydrogens is 609 g/mol. The number of carbonyl (C=O) groups excluding carboxylic acids is 2. The second-order valence-electron chi connectivity index (χ2n) is 10.6. The van der Waals surface area contributed by atoms with E-state index >= 15 is 0 Å². The van der Waals surface area contributed by atoms with Crippen LogP contribution in [0.2, 0.25) is 0 Å². The van der Waals surface area contributed by atoms with Crippen molar-refractivity contribution < 1.29 is 59.4 Å². The summed E-state index contributed by atoms with van der Waals surface area (Å²) in [6.45, 7) is 7.70. The van der Waals surface area contributed by atoms with Crippen LogP contribution in [0.3, 0.4) is 0 Å². The van der Waals surface area contributed by atoms with Gasteiger partial charge in [-0.05, 0) is 48.6 Å². The maximum Gasteiger partial charge on any atom is 2.00 e. The number of piperidine rings is 1. The average Bonchev–Trinajstić information content (AvgIpc) is 3.19. The summed E-state index contributed by atoms with van der Waals surface area (Å²) in [7, 11) is 2.15. The normalized spacial score (nSPS) is 18.5. The molecular formula is C29H32F4N2NbO4. The Morgan fingerprint density at radius 1 is 1.10 bits per heavy atom. The standard InChI is InChI=1S/C21H29N2O3.C8H3F4O.Nb/c1-15(2)12-19(24)23-10-8-21(9-11-23)14-22(3)13-18(21)16-4-6-17(7-5-16)20(25)26;9-7-2-1-6(8(10,11)12)3-5(7)4-13;/h4-7,12,15,18H,8-11,13-14H2,1-3H3,(H,25,26);1-3H;/q2*-1;+2. The predicted molar refractivity (Wildman–Crippen MR) is 137 cm³/mol. The van der Waals surface area contributed by atoms with Crippen LogP contribution in [0.25, 0.3) is 0 Å². The van der Waals surface area contributed by atoms with Crippen molar-refractivity contribution in [3.05, 3.63) is 77.0 Å². The molecule has 1 N–H and O–H groups in total. The Bertz CT molecular complexity index is 1180. The van der Waals surface area contributed by atoms with Crippen LogP contribution in [0.5, 0.6) is 0 Å². The van der Waals surface area contributed by atoms with Gasteiger partial charge in [0.05, 0.1) is 17.8 Å². The van der Waals surface area contributed by atoms with Crippen LogP contribution in [0.1, 0.15) is 59.7 Å².